The molecule has 0 aliphatic rings. The fourth-order valence-corrected chi connectivity index (χ4v) is 2.20. The minimum atomic E-state index is -0.552. The smallest absolute Gasteiger partial charge is 0.349 e. The zero-order chi connectivity index (χ0) is 16.9. The third kappa shape index (κ3) is 3.67. The fourth-order valence-electron chi connectivity index (χ4n) is 2.20. The molecular formula is C18H13NO5. The van der Waals surface area contributed by atoms with Gasteiger partial charge in [-0.15, -0.1) is 0 Å². The van der Waals surface area contributed by atoms with Gasteiger partial charge in [0.2, 0.25) is 0 Å². The number of hydrogen-bond acceptors (Lipinski definition) is 5. The maximum atomic E-state index is 11.8. The van der Waals surface area contributed by atoms with E-state index in [4.69, 9.17) is 9.47 Å². The van der Waals surface area contributed by atoms with Crippen molar-refractivity contribution in [2.75, 3.05) is 6.61 Å². The Balaban J connectivity index is 1.59. The van der Waals surface area contributed by atoms with E-state index in [0.717, 1.165) is 10.8 Å². The van der Waals surface area contributed by atoms with E-state index in [9.17, 15) is 14.9 Å². The Hall–Kier alpha value is -3.41. The van der Waals surface area contributed by atoms with Gasteiger partial charge in [0.1, 0.15) is 11.5 Å². The lowest BCUT2D eigenvalue weighted by molar-refractivity contribution is -0.384. The van der Waals surface area contributed by atoms with Gasteiger partial charge in [-0.05, 0) is 35.0 Å². The molecule has 0 saturated heterocycles. The van der Waals surface area contributed by atoms with Crippen LogP contribution < -0.4 is 9.47 Å². The van der Waals surface area contributed by atoms with E-state index in [1.54, 1.807) is 12.1 Å². The van der Waals surface area contributed by atoms with Gasteiger partial charge in [-0.3, -0.25) is 10.1 Å². The number of carbonyl (C=O) groups excluding carboxylic acids is 1. The van der Waals surface area contributed by atoms with Crippen molar-refractivity contribution in [2.24, 2.45) is 0 Å². The molecule has 3 rings (SSSR count). The topological polar surface area (TPSA) is 78.7 Å². The number of carbonyl (C=O) groups is 1. The number of benzene rings is 3. The van der Waals surface area contributed by atoms with Gasteiger partial charge in [-0.2, -0.15) is 0 Å². The molecule has 6 heteroatoms. The van der Waals surface area contributed by atoms with E-state index in [2.05, 4.69) is 0 Å². The van der Waals surface area contributed by atoms with Crippen LogP contribution in [0.5, 0.6) is 11.5 Å². The molecule has 0 unspecified atom stereocenters. The first-order chi connectivity index (χ1) is 11.6. The highest BCUT2D eigenvalue weighted by molar-refractivity contribution is 5.84. The maximum absolute atomic E-state index is 11.8. The molecule has 0 fully saturated rings. The SMILES string of the molecule is O=C(COc1ccc([N+](=O)[O-])cc1)Oc1ccc2ccccc2c1. The summed E-state index contributed by atoms with van der Waals surface area (Å²) in [5, 5.41) is 12.6. The van der Waals surface area contributed by atoms with Crippen LogP contribution >= 0.6 is 0 Å². The number of fused-ring (bicyclic) bond motifs is 1. The van der Waals surface area contributed by atoms with Crippen LogP contribution in [0.1, 0.15) is 0 Å². The lowest BCUT2D eigenvalue weighted by Crippen LogP contribution is -2.17. The molecule has 0 aromatic heterocycles. The van der Waals surface area contributed by atoms with Crippen molar-refractivity contribution in [3.63, 3.8) is 0 Å². The summed E-state index contributed by atoms with van der Waals surface area (Å²) < 4.78 is 10.5. The quantitative estimate of drug-likeness (QED) is 0.309. The fraction of sp³-hybridized carbons (Fsp3) is 0.0556. The zero-order valence-corrected chi connectivity index (χ0v) is 12.5. The van der Waals surface area contributed by atoms with Crippen LogP contribution in [-0.2, 0) is 4.79 Å². The molecule has 0 bridgehead atoms. The van der Waals surface area contributed by atoms with Crippen LogP contribution in [0.3, 0.4) is 0 Å². The predicted molar refractivity (Wildman–Crippen MR) is 88.2 cm³/mol. The van der Waals surface area contributed by atoms with E-state index >= 15 is 0 Å². The second kappa shape index (κ2) is 6.78. The molecule has 0 saturated carbocycles. The minimum Gasteiger partial charge on any atom is -0.482 e. The van der Waals surface area contributed by atoms with Crippen molar-refractivity contribution in [1.82, 2.24) is 0 Å². The van der Waals surface area contributed by atoms with Gasteiger partial charge in [0.05, 0.1) is 4.92 Å². The van der Waals surface area contributed by atoms with Gasteiger partial charge in [0.25, 0.3) is 5.69 Å². The second-order valence-electron chi connectivity index (χ2n) is 5.02. The molecule has 0 aliphatic carbocycles. The molecule has 0 N–H and O–H groups in total. The molecule has 6 nitrogen and oxygen atoms in total. The number of nitro benzene ring substituents is 1. The lowest BCUT2D eigenvalue weighted by atomic mass is 10.1. The van der Waals surface area contributed by atoms with Gasteiger partial charge < -0.3 is 9.47 Å². The number of nitro groups is 1. The highest BCUT2D eigenvalue weighted by atomic mass is 16.6. The van der Waals surface area contributed by atoms with E-state index in [-0.39, 0.29) is 12.3 Å². The number of ether oxygens (including phenoxy) is 2. The van der Waals surface area contributed by atoms with Gasteiger partial charge in [-0.25, -0.2) is 4.79 Å². The normalized spacial score (nSPS) is 10.3. The molecule has 24 heavy (non-hydrogen) atoms. The first-order valence-electron chi connectivity index (χ1n) is 7.18. The van der Waals surface area contributed by atoms with Crippen LogP contribution in [0, 0.1) is 10.1 Å². The molecule has 0 radical (unpaired) electrons. The Bertz CT molecular complexity index is 889. The molecule has 0 amide bonds. The van der Waals surface area contributed by atoms with Gasteiger partial charge >= 0.3 is 5.97 Å². The minimum absolute atomic E-state index is 0.0407. The second-order valence-corrected chi connectivity index (χ2v) is 5.02. The standard InChI is InChI=1S/C18H13NO5/c20-18(12-23-16-9-6-15(7-10-16)19(21)22)24-17-8-5-13-3-1-2-4-14(13)11-17/h1-11H,12H2. The maximum Gasteiger partial charge on any atom is 0.349 e. The zero-order valence-electron chi connectivity index (χ0n) is 12.5. The summed E-state index contributed by atoms with van der Waals surface area (Å²) in [6, 6.07) is 18.6. The molecule has 0 aliphatic heterocycles. The van der Waals surface area contributed by atoms with Crippen molar-refractivity contribution in [3.8, 4) is 11.5 Å². The Kier molecular flexibility index (Phi) is 4.38. The summed E-state index contributed by atoms with van der Waals surface area (Å²) in [5.41, 5.74) is -0.0407. The van der Waals surface area contributed by atoms with Crippen molar-refractivity contribution < 1.29 is 19.2 Å². The predicted octanol–water partition coefficient (Wildman–Crippen LogP) is 3.73. The van der Waals surface area contributed by atoms with Gasteiger partial charge in [0, 0.05) is 12.1 Å². The first kappa shape index (κ1) is 15.5. The summed E-state index contributed by atoms with van der Waals surface area (Å²) in [5.74, 6) is 0.241. The number of non-ortho nitro benzene ring substituents is 1. The van der Waals surface area contributed by atoms with Crippen LogP contribution in [0.4, 0.5) is 5.69 Å². The van der Waals surface area contributed by atoms with Crippen LogP contribution in [0.2, 0.25) is 0 Å². The van der Waals surface area contributed by atoms with E-state index in [1.165, 1.54) is 24.3 Å². The Morgan fingerprint density at radius 3 is 2.29 bits per heavy atom. The van der Waals surface area contributed by atoms with E-state index in [0.29, 0.717) is 11.5 Å². The van der Waals surface area contributed by atoms with E-state index in [1.807, 2.05) is 30.3 Å². The van der Waals surface area contributed by atoms with Crippen LogP contribution in [-0.4, -0.2) is 17.5 Å². The van der Waals surface area contributed by atoms with E-state index < -0.39 is 10.9 Å². The molecule has 120 valence electrons. The monoisotopic (exact) mass is 323 g/mol. The number of hydrogen-bond donors (Lipinski definition) is 0. The Morgan fingerprint density at radius 1 is 0.917 bits per heavy atom. The third-order valence-electron chi connectivity index (χ3n) is 3.36. The van der Waals surface area contributed by atoms with Crippen molar-refractivity contribution in [2.45, 2.75) is 0 Å². The molecule has 0 heterocycles. The number of rotatable bonds is 5. The highest BCUT2D eigenvalue weighted by Crippen LogP contribution is 2.21. The van der Waals surface area contributed by atoms with Crippen LogP contribution in [0.25, 0.3) is 10.8 Å². The summed E-state index contributed by atoms with van der Waals surface area (Å²) >= 11 is 0. The van der Waals surface area contributed by atoms with Crippen molar-refractivity contribution in [3.05, 3.63) is 76.8 Å². The summed E-state index contributed by atoms with van der Waals surface area (Å²) in [6.07, 6.45) is 0. The summed E-state index contributed by atoms with van der Waals surface area (Å²) in [6.45, 7) is -0.287. The first-order valence-corrected chi connectivity index (χ1v) is 7.18. The number of nitrogens with zero attached hydrogens (tertiary/aromatic N) is 1. The summed E-state index contributed by atoms with van der Waals surface area (Å²) in [4.78, 5) is 21.9. The van der Waals surface area contributed by atoms with Gasteiger partial charge in [0.15, 0.2) is 6.61 Å². The molecule has 0 atom stereocenters. The molecule has 0 spiro atoms. The van der Waals surface area contributed by atoms with Gasteiger partial charge in [-0.1, -0.05) is 30.3 Å². The molecule has 3 aromatic carbocycles. The molecule has 3 aromatic rings. The highest BCUT2D eigenvalue weighted by Gasteiger charge is 2.09. The Labute approximate surface area is 137 Å². The third-order valence-corrected chi connectivity index (χ3v) is 3.36. The average Bonchev–Trinajstić information content (AvgIpc) is 2.60. The van der Waals surface area contributed by atoms with Crippen molar-refractivity contribution >= 4 is 22.4 Å². The lowest BCUT2D eigenvalue weighted by Gasteiger charge is -2.07. The van der Waals surface area contributed by atoms with Crippen molar-refractivity contribution in [1.29, 1.82) is 0 Å². The summed E-state index contributed by atoms with van der Waals surface area (Å²) in [7, 11) is 0. The molecular weight excluding hydrogens is 310 g/mol. The average molecular weight is 323 g/mol. The van der Waals surface area contributed by atoms with Crippen LogP contribution in [0.15, 0.2) is 66.7 Å². The number of esters is 1. The largest absolute Gasteiger partial charge is 0.482 e. The Morgan fingerprint density at radius 2 is 1.58 bits per heavy atom.